The number of carbonyl (C=O) groups excluding carboxylic acids is 1. The second-order valence-electron chi connectivity index (χ2n) is 4.08. The van der Waals surface area contributed by atoms with Gasteiger partial charge in [-0.3, -0.25) is 0 Å². The number of amides is 1. The Hall–Kier alpha value is -2.44. The van der Waals surface area contributed by atoms with Crippen LogP contribution in [0.15, 0.2) is 24.5 Å². The molecule has 3 rings (SSSR count). The highest BCUT2D eigenvalue weighted by Gasteiger charge is 2.27. The summed E-state index contributed by atoms with van der Waals surface area (Å²) in [4.78, 5) is 14.9. The summed E-state index contributed by atoms with van der Waals surface area (Å²) in [6.45, 7) is 0. The molecule has 0 spiro atoms. The van der Waals surface area contributed by atoms with Crippen LogP contribution in [0.4, 0.5) is 4.79 Å². The van der Waals surface area contributed by atoms with Crippen molar-refractivity contribution in [2.75, 3.05) is 0 Å². The second-order valence-corrected chi connectivity index (χ2v) is 4.08. The molecule has 0 bridgehead atoms. The van der Waals surface area contributed by atoms with E-state index in [1.165, 1.54) is 0 Å². The normalized spacial score (nSPS) is 14.4. The van der Waals surface area contributed by atoms with Crippen molar-refractivity contribution < 1.29 is 9.53 Å². The van der Waals surface area contributed by atoms with Gasteiger partial charge in [0, 0.05) is 12.1 Å². The van der Waals surface area contributed by atoms with E-state index >= 15 is 0 Å². The second kappa shape index (κ2) is 4.10. The molecule has 2 heterocycles. The Labute approximate surface area is 103 Å². The Morgan fingerprint density at radius 1 is 1.44 bits per heavy atom. The molecule has 7 nitrogen and oxygen atoms in total. The van der Waals surface area contributed by atoms with Crippen LogP contribution in [0.2, 0.25) is 0 Å². The molecule has 0 atom stereocenters. The van der Waals surface area contributed by atoms with Gasteiger partial charge in [0.2, 0.25) is 5.88 Å². The third kappa shape index (κ3) is 2.02. The Morgan fingerprint density at radius 3 is 3.00 bits per heavy atom. The number of hydrogen-bond acceptors (Lipinski definition) is 5. The molecule has 2 aromatic rings. The van der Waals surface area contributed by atoms with Crippen LogP contribution in [0.1, 0.15) is 18.9 Å². The zero-order chi connectivity index (χ0) is 12.5. The lowest BCUT2D eigenvalue weighted by Crippen LogP contribution is -2.17. The van der Waals surface area contributed by atoms with E-state index in [1.807, 2.05) is 4.57 Å². The van der Waals surface area contributed by atoms with Crippen molar-refractivity contribution in [2.45, 2.75) is 18.9 Å². The summed E-state index contributed by atoms with van der Waals surface area (Å²) >= 11 is 0. The van der Waals surface area contributed by atoms with E-state index in [0.717, 1.165) is 12.8 Å². The predicted octanol–water partition coefficient (Wildman–Crippen LogP) is 1.13. The molecule has 0 aromatic carbocycles. The van der Waals surface area contributed by atoms with Gasteiger partial charge in [-0.2, -0.15) is 0 Å². The van der Waals surface area contributed by atoms with E-state index < -0.39 is 6.09 Å². The minimum Gasteiger partial charge on any atom is -0.391 e. The van der Waals surface area contributed by atoms with Gasteiger partial charge in [0.05, 0.1) is 0 Å². The minimum atomic E-state index is -0.886. The number of carbonyl (C=O) groups is 1. The van der Waals surface area contributed by atoms with Crippen LogP contribution in [0.3, 0.4) is 0 Å². The van der Waals surface area contributed by atoms with Gasteiger partial charge in [0.25, 0.3) is 0 Å². The Kier molecular flexibility index (Phi) is 2.44. The third-order valence-electron chi connectivity index (χ3n) is 2.67. The number of ether oxygens (including phenoxy) is 1. The summed E-state index contributed by atoms with van der Waals surface area (Å²) in [6.07, 6.45) is 3.06. The van der Waals surface area contributed by atoms with Crippen LogP contribution in [-0.2, 0) is 0 Å². The van der Waals surface area contributed by atoms with Gasteiger partial charge in [0.1, 0.15) is 12.0 Å². The highest BCUT2D eigenvalue weighted by Crippen LogP contribution is 2.37. The number of nitrogens with zero attached hydrogens (tertiary/aromatic N) is 4. The molecule has 2 N–H and O–H groups in total. The van der Waals surface area contributed by atoms with Crippen molar-refractivity contribution in [3.8, 4) is 17.4 Å². The summed E-state index contributed by atoms with van der Waals surface area (Å²) in [5.41, 5.74) is 5.56. The van der Waals surface area contributed by atoms with Gasteiger partial charge in [-0.1, -0.05) is 6.07 Å². The number of nitrogens with two attached hydrogens (primary N) is 1. The Morgan fingerprint density at radius 2 is 2.28 bits per heavy atom. The van der Waals surface area contributed by atoms with E-state index in [1.54, 1.807) is 24.5 Å². The molecule has 0 aliphatic heterocycles. The van der Waals surface area contributed by atoms with Crippen molar-refractivity contribution in [2.24, 2.45) is 5.73 Å². The van der Waals surface area contributed by atoms with Crippen molar-refractivity contribution in [1.82, 2.24) is 19.7 Å². The average molecular weight is 245 g/mol. The largest absolute Gasteiger partial charge is 0.411 e. The molecule has 2 aromatic heterocycles. The zero-order valence-electron chi connectivity index (χ0n) is 9.48. The molecular weight excluding hydrogens is 234 g/mol. The molecule has 1 saturated carbocycles. The molecule has 1 fully saturated rings. The molecule has 1 aliphatic carbocycles. The van der Waals surface area contributed by atoms with Gasteiger partial charge in [0.15, 0.2) is 5.82 Å². The molecule has 7 heteroatoms. The van der Waals surface area contributed by atoms with Crippen molar-refractivity contribution in [1.29, 1.82) is 0 Å². The summed E-state index contributed by atoms with van der Waals surface area (Å²) in [6, 6.07) is 5.53. The van der Waals surface area contributed by atoms with Crippen LogP contribution >= 0.6 is 0 Å². The standard InChI is InChI=1S/C11H11N5O2/c12-11(17)18-9-3-1-2-8(14-9)10-15-13-6-16(10)7-4-5-7/h1-3,6-7H,4-5H2,(H2,12,17). The van der Waals surface area contributed by atoms with Crippen molar-refractivity contribution in [3.05, 3.63) is 24.5 Å². The summed E-state index contributed by atoms with van der Waals surface area (Å²) < 4.78 is 6.72. The Bertz CT molecular complexity index is 591. The highest BCUT2D eigenvalue weighted by atomic mass is 16.6. The lowest BCUT2D eigenvalue weighted by atomic mass is 10.3. The monoisotopic (exact) mass is 245 g/mol. The van der Waals surface area contributed by atoms with Gasteiger partial charge < -0.3 is 15.0 Å². The number of hydrogen-bond donors (Lipinski definition) is 1. The molecule has 1 aliphatic rings. The zero-order valence-corrected chi connectivity index (χ0v) is 9.48. The molecule has 0 saturated heterocycles. The lowest BCUT2D eigenvalue weighted by molar-refractivity contribution is 0.209. The van der Waals surface area contributed by atoms with Gasteiger partial charge >= 0.3 is 6.09 Å². The van der Waals surface area contributed by atoms with Crippen LogP contribution in [0, 0.1) is 0 Å². The van der Waals surface area contributed by atoms with Crippen LogP contribution in [0.5, 0.6) is 5.88 Å². The number of pyridine rings is 1. The number of aromatic nitrogens is 4. The fourth-order valence-electron chi connectivity index (χ4n) is 1.75. The molecule has 92 valence electrons. The SMILES string of the molecule is NC(=O)Oc1cccc(-c2nncn2C2CC2)n1. The third-order valence-corrected chi connectivity index (χ3v) is 2.67. The first-order valence-corrected chi connectivity index (χ1v) is 5.58. The maximum absolute atomic E-state index is 10.7. The van der Waals surface area contributed by atoms with E-state index in [-0.39, 0.29) is 5.88 Å². The predicted molar refractivity (Wildman–Crippen MR) is 61.7 cm³/mol. The van der Waals surface area contributed by atoms with Crippen LogP contribution < -0.4 is 10.5 Å². The Balaban J connectivity index is 1.95. The fourth-order valence-corrected chi connectivity index (χ4v) is 1.75. The lowest BCUT2D eigenvalue weighted by Gasteiger charge is -2.05. The molecular formula is C11H11N5O2. The smallest absolute Gasteiger partial charge is 0.391 e. The summed E-state index contributed by atoms with van der Waals surface area (Å²) in [5.74, 6) is 0.831. The maximum Gasteiger partial charge on any atom is 0.411 e. The fraction of sp³-hybridized carbons (Fsp3) is 0.273. The van der Waals surface area contributed by atoms with E-state index in [0.29, 0.717) is 17.6 Å². The van der Waals surface area contributed by atoms with Gasteiger partial charge in [-0.15, -0.1) is 10.2 Å². The van der Waals surface area contributed by atoms with Gasteiger partial charge in [-0.25, -0.2) is 9.78 Å². The van der Waals surface area contributed by atoms with Crippen LogP contribution in [0.25, 0.3) is 11.5 Å². The van der Waals surface area contributed by atoms with Crippen molar-refractivity contribution >= 4 is 6.09 Å². The first kappa shape index (κ1) is 10.7. The number of primary amides is 1. The first-order valence-electron chi connectivity index (χ1n) is 5.58. The average Bonchev–Trinajstić information content (AvgIpc) is 3.06. The highest BCUT2D eigenvalue weighted by molar-refractivity contribution is 5.67. The van der Waals surface area contributed by atoms with Crippen LogP contribution in [-0.4, -0.2) is 25.8 Å². The van der Waals surface area contributed by atoms with E-state index in [4.69, 9.17) is 10.5 Å². The number of rotatable bonds is 3. The van der Waals surface area contributed by atoms with E-state index in [9.17, 15) is 4.79 Å². The maximum atomic E-state index is 10.7. The molecule has 1 amide bonds. The summed E-state index contributed by atoms with van der Waals surface area (Å²) in [7, 11) is 0. The molecule has 18 heavy (non-hydrogen) atoms. The quantitative estimate of drug-likeness (QED) is 0.874. The molecule has 0 unspecified atom stereocenters. The van der Waals surface area contributed by atoms with Crippen molar-refractivity contribution in [3.63, 3.8) is 0 Å². The summed E-state index contributed by atoms with van der Waals surface area (Å²) in [5, 5.41) is 7.94. The van der Waals surface area contributed by atoms with E-state index in [2.05, 4.69) is 15.2 Å². The molecule has 0 radical (unpaired) electrons. The van der Waals surface area contributed by atoms with Gasteiger partial charge in [-0.05, 0) is 18.9 Å². The minimum absolute atomic E-state index is 0.158. The first-order chi connectivity index (χ1) is 8.74. The topological polar surface area (TPSA) is 95.9 Å².